The standard InChI is InChI=1S/C13H24O3/c1-4-5-9(2)13-10(8-12(14)15)6-7-11(13)16-3/h9-11,13H,4-8H2,1-3H3,(H,14,15)/t9?,10-,11?,13+/m1/s1. The van der Waals surface area contributed by atoms with Crippen molar-refractivity contribution in [3.63, 3.8) is 0 Å². The van der Waals surface area contributed by atoms with Gasteiger partial charge in [-0.05, 0) is 30.6 Å². The zero-order valence-electron chi connectivity index (χ0n) is 10.6. The van der Waals surface area contributed by atoms with Crippen LogP contribution in [0.15, 0.2) is 0 Å². The van der Waals surface area contributed by atoms with Crippen molar-refractivity contribution < 1.29 is 14.6 Å². The SMILES string of the molecule is CCCC(C)[C@@H]1C(OC)CC[C@@H]1CC(=O)O. The minimum Gasteiger partial charge on any atom is -0.481 e. The lowest BCUT2D eigenvalue weighted by Crippen LogP contribution is -2.28. The maximum absolute atomic E-state index is 10.8. The maximum Gasteiger partial charge on any atom is 0.303 e. The van der Waals surface area contributed by atoms with Crippen molar-refractivity contribution in [1.29, 1.82) is 0 Å². The highest BCUT2D eigenvalue weighted by atomic mass is 16.5. The quantitative estimate of drug-likeness (QED) is 0.760. The summed E-state index contributed by atoms with van der Waals surface area (Å²) >= 11 is 0. The Morgan fingerprint density at radius 3 is 2.69 bits per heavy atom. The molecule has 0 radical (unpaired) electrons. The summed E-state index contributed by atoms with van der Waals surface area (Å²) in [5.74, 6) is 0.641. The zero-order chi connectivity index (χ0) is 12.1. The van der Waals surface area contributed by atoms with Crippen LogP contribution in [0.1, 0.15) is 46.0 Å². The second kappa shape index (κ2) is 6.24. The summed E-state index contributed by atoms with van der Waals surface area (Å²) in [7, 11) is 1.75. The van der Waals surface area contributed by atoms with Crippen molar-refractivity contribution in [1.82, 2.24) is 0 Å². The molecule has 4 atom stereocenters. The molecule has 94 valence electrons. The van der Waals surface area contributed by atoms with Crippen molar-refractivity contribution in [3.05, 3.63) is 0 Å². The Morgan fingerprint density at radius 1 is 1.50 bits per heavy atom. The van der Waals surface area contributed by atoms with Crippen molar-refractivity contribution in [2.75, 3.05) is 7.11 Å². The molecule has 1 saturated carbocycles. The van der Waals surface area contributed by atoms with Gasteiger partial charge >= 0.3 is 5.97 Å². The van der Waals surface area contributed by atoms with Crippen molar-refractivity contribution >= 4 is 5.97 Å². The van der Waals surface area contributed by atoms with Crippen LogP contribution >= 0.6 is 0 Å². The smallest absolute Gasteiger partial charge is 0.303 e. The van der Waals surface area contributed by atoms with E-state index in [9.17, 15) is 4.79 Å². The number of carboxylic acid groups (broad SMARTS) is 1. The first-order chi connectivity index (χ1) is 7.60. The van der Waals surface area contributed by atoms with Crippen LogP contribution in [0.25, 0.3) is 0 Å². The third-order valence-electron chi connectivity index (χ3n) is 3.94. The minimum absolute atomic E-state index is 0.269. The van der Waals surface area contributed by atoms with Gasteiger partial charge in [0.2, 0.25) is 0 Å². The summed E-state index contributed by atoms with van der Waals surface area (Å²) in [4.78, 5) is 10.8. The molecule has 0 amide bonds. The van der Waals surface area contributed by atoms with Gasteiger partial charge in [-0.3, -0.25) is 4.79 Å². The lowest BCUT2D eigenvalue weighted by atomic mass is 9.80. The Balaban J connectivity index is 2.65. The topological polar surface area (TPSA) is 46.5 Å². The average molecular weight is 228 g/mol. The van der Waals surface area contributed by atoms with E-state index in [1.54, 1.807) is 7.11 Å². The van der Waals surface area contributed by atoms with E-state index in [1.807, 2.05) is 0 Å². The molecule has 1 aliphatic rings. The Morgan fingerprint density at radius 2 is 2.19 bits per heavy atom. The fourth-order valence-corrected chi connectivity index (χ4v) is 3.28. The van der Waals surface area contributed by atoms with Crippen LogP contribution < -0.4 is 0 Å². The van der Waals surface area contributed by atoms with Crippen LogP contribution in [0.3, 0.4) is 0 Å². The molecule has 0 spiro atoms. The molecule has 3 heteroatoms. The minimum atomic E-state index is -0.671. The molecule has 3 nitrogen and oxygen atoms in total. The van der Waals surface area contributed by atoms with Crippen LogP contribution in [0.2, 0.25) is 0 Å². The number of methoxy groups -OCH3 is 1. The molecule has 0 saturated heterocycles. The Hall–Kier alpha value is -0.570. The number of carboxylic acids is 1. The average Bonchev–Trinajstić information content (AvgIpc) is 2.60. The Labute approximate surface area is 98.2 Å². The van der Waals surface area contributed by atoms with E-state index in [1.165, 1.54) is 6.42 Å². The second-order valence-corrected chi connectivity index (χ2v) is 5.05. The summed E-state index contributed by atoms with van der Waals surface area (Å²) in [6.07, 6.45) is 4.93. The molecule has 0 aliphatic heterocycles. The van der Waals surface area contributed by atoms with Gasteiger partial charge in [-0.25, -0.2) is 0 Å². The Kier molecular flexibility index (Phi) is 5.26. The predicted octanol–water partition coefficient (Wildman–Crippen LogP) is 2.94. The van der Waals surface area contributed by atoms with Gasteiger partial charge in [-0.1, -0.05) is 26.7 Å². The summed E-state index contributed by atoms with van der Waals surface area (Å²) < 4.78 is 5.51. The molecule has 1 fully saturated rings. The number of hydrogen-bond donors (Lipinski definition) is 1. The highest BCUT2D eigenvalue weighted by Gasteiger charge is 2.39. The fourth-order valence-electron chi connectivity index (χ4n) is 3.28. The summed E-state index contributed by atoms with van der Waals surface area (Å²) in [5, 5.41) is 8.92. The van der Waals surface area contributed by atoms with Crippen molar-refractivity contribution in [2.45, 2.75) is 52.1 Å². The number of rotatable bonds is 6. The van der Waals surface area contributed by atoms with Gasteiger partial charge in [-0.15, -0.1) is 0 Å². The van der Waals surface area contributed by atoms with Crippen molar-refractivity contribution in [2.24, 2.45) is 17.8 Å². The first-order valence-electron chi connectivity index (χ1n) is 6.34. The molecule has 1 N–H and O–H groups in total. The van der Waals surface area contributed by atoms with Gasteiger partial charge in [0, 0.05) is 13.5 Å². The lowest BCUT2D eigenvalue weighted by Gasteiger charge is -2.29. The molecular formula is C13H24O3. The van der Waals surface area contributed by atoms with E-state index >= 15 is 0 Å². The number of hydrogen-bond acceptors (Lipinski definition) is 2. The van der Waals surface area contributed by atoms with Gasteiger partial charge in [0.05, 0.1) is 6.10 Å². The van der Waals surface area contributed by atoms with Crippen LogP contribution in [0.5, 0.6) is 0 Å². The highest BCUT2D eigenvalue weighted by molar-refractivity contribution is 5.67. The molecule has 0 aromatic rings. The monoisotopic (exact) mass is 228 g/mol. The predicted molar refractivity (Wildman–Crippen MR) is 63.3 cm³/mol. The first kappa shape index (κ1) is 13.5. The molecule has 0 bridgehead atoms. The van der Waals surface area contributed by atoms with E-state index in [0.29, 0.717) is 24.2 Å². The Bertz CT molecular complexity index is 227. The van der Waals surface area contributed by atoms with E-state index in [-0.39, 0.29) is 6.10 Å². The van der Waals surface area contributed by atoms with E-state index < -0.39 is 5.97 Å². The highest BCUT2D eigenvalue weighted by Crippen LogP contribution is 2.42. The summed E-state index contributed by atoms with van der Waals surface area (Å²) in [6, 6.07) is 0. The fraction of sp³-hybridized carbons (Fsp3) is 0.923. The molecule has 0 aromatic heterocycles. The van der Waals surface area contributed by atoms with Crippen LogP contribution in [0.4, 0.5) is 0 Å². The van der Waals surface area contributed by atoms with Gasteiger partial charge in [0.1, 0.15) is 0 Å². The number of carbonyl (C=O) groups is 1. The van der Waals surface area contributed by atoms with Gasteiger partial charge in [-0.2, -0.15) is 0 Å². The van der Waals surface area contributed by atoms with Crippen molar-refractivity contribution in [3.8, 4) is 0 Å². The lowest BCUT2D eigenvalue weighted by molar-refractivity contribution is -0.138. The summed E-state index contributed by atoms with van der Waals surface area (Å²) in [6.45, 7) is 4.42. The van der Waals surface area contributed by atoms with Gasteiger partial charge in [0.15, 0.2) is 0 Å². The second-order valence-electron chi connectivity index (χ2n) is 5.05. The van der Waals surface area contributed by atoms with E-state index in [4.69, 9.17) is 9.84 Å². The normalized spacial score (nSPS) is 31.6. The number of aliphatic carboxylic acids is 1. The van der Waals surface area contributed by atoms with Gasteiger partial charge < -0.3 is 9.84 Å². The molecule has 1 aliphatic carbocycles. The first-order valence-corrected chi connectivity index (χ1v) is 6.34. The third kappa shape index (κ3) is 3.21. The van der Waals surface area contributed by atoms with E-state index in [0.717, 1.165) is 19.3 Å². The molecule has 0 aromatic carbocycles. The molecule has 16 heavy (non-hydrogen) atoms. The van der Waals surface area contributed by atoms with E-state index in [2.05, 4.69) is 13.8 Å². The third-order valence-corrected chi connectivity index (χ3v) is 3.94. The van der Waals surface area contributed by atoms with Crippen LogP contribution in [-0.4, -0.2) is 24.3 Å². The molecule has 0 heterocycles. The largest absolute Gasteiger partial charge is 0.481 e. The molecule has 2 unspecified atom stereocenters. The summed E-state index contributed by atoms with van der Waals surface area (Å²) in [5.41, 5.74) is 0. The van der Waals surface area contributed by atoms with Crippen LogP contribution in [0, 0.1) is 17.8 Å². The molecular weight excluding hydrogens is 204 g/mol. The maximum atomic E-state index is 10.8. The van der Waals surface area contributed by atoms with Crippen LogP contribution in [-0.2, 0) is 9.53 Å². The number of ether oxygens (including phenoxy) is 1. The molecule has 1 rings (SSSR count). The zero-order valence-corrected chi connectivity index (χ0v) is 10.6. The van der Waals surface area contributed by atoms with Gasteiger partial charge in [0.25, 0.3) is 0 Å².